The highest BCUT2D eigenvalue weighted by Crippen LogP contribution is 2.47. The number of carbonyl (C=O) groups excluding carboxylic acids is 3. The Hall–Kier alpha value is -5.58. The summed E-state index contributed by atoms with van der Waals surface area (Å²) < 4.78 is 5.47. The van der Waals surface area contributed by atoms with Crippen LogP contribution in [0.1, 0.15) is 54.0 Å². The molecule has 266 valence electrons. The third-order valence-corrected chi connectivity index (χ3v) is 10.4. The van der Waals surface area contributed by atoms with Crippen LogP contribution in [0.5, 0.6) is 5.75 Å². The third-order valence-electron chi connectivity index (χ3n) is 10.4. The number of ether oxygens (including phenoxy) is 1. The van der Waals surface area contributed by atoms with Crippen LogP contribution in [0.15, 0.2) is 114 Å². The van der Waals surface area contributed by atoms with Crippen LogP contribution in [-0.4, -0.2) is 58.3 Å². The molecule has 52 heavy (non-hydrogen) atoms. The van der Waals surface area contributed by atoms with Crippen LogP contribution in [0.3, 0.4) is 0 Å². The van der Waals surface area contributed by atoms with E-state index < -0.39 is 17.4 Å². The highest BCUT2D eigenvalue weighted by Gasteiger charge is 2.52. The Morgan fingerprint density at radius 3 is 2.44 bits per heavy atom. The highest BCUT2D eigenvalue weighted by atomic mass is 16.5. The van der Waals surface area contributed by atoms with Gasteiger partial charge in [-0.2, -0.15) is 5.10 Å². The smallest absolute Gasteiger partial charge is 0.264 e. The summed E-state index contributed by atoms with van der Waals surface area (Å²) in [5.74, 6) is -0.900. The molecule has 0 bridgehead atoms. The summed E-state index contributed by atoms with van der Waals surface area (Å²) in [6, 6.07) is 30.0. The highest BCUT2D eigenvalue weighted by molar-refractivity contribution is 6.09. The predicted octanol–water partition coefficient (Wildman–Crippen LogP) is 5.49. The molecule has 0 fully saturated rings. The first-order valence-electron chi connectivity index (χ1n) is 17.6. The lowest BCUT2D eigenvalue weighted by Gasteiger charge is -2.36. The Morgan fingerprint density at radius 2 is 1.71 bits per heavy atom. The number of hydrogen-bond acceptors (Lipinski definition) is 7. The van der Waals surface area contributed by atoms with Gasteiger partial charge in [-0.05, 0) is 59.0 Å². The number of hydrogen-bond donors (Lipinski definition) is 2. The average molecular weight is 699 g/mol. The first-order valence-corrected chi connectivity index (χ1v) is 17.6. The third kappa shape index (κ3) is 6.51. The van der Waals surface area contributed by atoms with Gasteiger partial charge in [0.1, 0.15) is 5.75 Å². The molecule has 0 aliphatic carbocycles. The Balaban J connectivity index is 1.08. The van der Waals surface area contributed by atoms with Crippen LogP contribution in [0.4, 0.5) is 11.4 Å². The van der Waals surface area contributed by atoms with Crippen molar-refractivity contribution in [2.75, 3.05) is 23.6 Å². The van der Waals surface area contributed by atoms with E-state index in [1.807, 2.05) is 78.9 Å². The summed E-state index contributed by atoms with van der Waals surface area (Å²) in [6.07, 6.45) is 4.98. The second-order valence-corrected chi connectivity index (χ2v) is 13.6. The van der Waals surface area contributed by atoms with E-state index in [2.05, 4.69) is 5.10 Å². The second-order valence-electron chi connectivity index (χ2n) is 13.6. The molecule has 4 aromatic rings. The maximum Gasteiger partial charge on any atom is 0.264 e. The number of aliphatic hydroxyl groups is 2. The fourth-order valence-corrected chi connectivity index (χ4v) is 7.40. The van der Waals surface area contributed by atoms with Gasteiger partial charge in [0.05, 0.1) is 43.4 Å². The molecule has 10 heteroatoms. The van der Waals surface area contributed by atoms with Crippen molar-refractivity contribution in [3.8, 4) is 5.75 Å². The molecule has 3 amide bonds. The molecular formula is C42H42N4O6. The van der Waals surface area contributed by atoms with Gasteiger partial charge in [-0.25, -0.2) is 5.01 Å². The van der Waals surface area contributed by atoms with Gasteiger partial charge in [0.15, 0.2) is 5.60 Å². The van der Waals surface area contributed by atoms with Crippen LogP contribution >= 0.6 is 0 Å². The molecule has 7 rings (SSSR count). The SMILES string of the molecule is COc1ccc2c(c1)[C@](O)([C@@H](C)/C=C/CC(=O)N1Cc3ccccc3C[C@H]1CO)C(=O)N2Cc1ccc(N2N=C(c3ccccc3)CCC2=O)cc1. The van der Waals surface area contributed by atoms with E-state index in [9.17, 15) is 24.6 Å². The van der Waals surface area contributed by atoms with Gasteiger partial charge >= 0.3 is 0 Å². The molecule has 3 aliphatic heterocycles. The number of fused-ring (bicyclic) bond motifs is 2. The minimum absolute atomic E-state index is 0.0602. The van der Waals surface area contributed by atoms with Crippen LogP contribution in [0.25, 0.3) is 0 Å². The van der Waals surface area contributed by atoms with Gasteiger partial charge in [-0.3, -0.25) is 14.4 Å². The largest absolute Gasteiger partial charge is 0.497 e. The van der Waals surface area contributed by atoms with Crippen LogP contribution in [-0.2, 0) is 39.5 Å². The van der Waals surface area contributed by atoms with Crippen molar-refractivity contribution in [3.05, 3.63) is 137 Å². The minimum Gasteiger partial charge on any atom is -0.497 e. The summed E-state index contributed by atoms with van der Waals surface area (Å²) in [5, 5.41) is 28.4. The molecule has 10 nitrogen and oxygen atoms in total. The van der Waals surface area contributed by atoms with Gasteiger partial charge in [-0.1, -0.05) is 85.8 Å². The first kappa shape index (κ1) is 34.9. The fraction of sp³-hybridized carbons (Fsp3) is 0.286. The first-order chi connectivity index (χ1) is 25.2. The van der Waals surface area contributed by atoms with Gasteiger partial charge < -0.3 is 24.7 Å². The van der Waals surface area contributed by atoms with Gasteiger partial charge in [0.2, 0.25) is 11.8 Å². The summed E-state index contributed by atoms with van der Waals surface area (Å²) in [5.41, 5.74) is 4.53. The molecule has 3 atom stereocenters. The average Bonchev–Trinajstić information content (AvgIpc) is 3.39. The lowest BCUT2D eigenvalue weighted by molar-refractivity contribution is -0.139. The van der Waals surface area contributed by atoms with Gasteiger partial charge in [0.25, 0.3) is 5.91 Å². The van der Waals surface area contributed by atoms with E-state index in [-0.39, 0.29) is 37.4 Å². The van der Waals surface area contributed by atoms with Crippen LogP contribution in [0.2, 0.25) is 0 Å². The topological polar surface area (TPSA) is 123 Å². The number of nitrogens with zero attached hydrogens (tertiary/aromatic N) is 4. The Bertz CT molecular complexity index is 2050. The van der Waals surface area contributed by atoms with E-state index in [4.69, 9.17) is 4.74 Å². The molecule has 0 saturated heterocycles. The maximum atomic E-state index is 14.2. The van der Waals surface area contributed by atoms with E-state index in [0.29, 0.717) is 48.5 Å². The normalized spacial score (nSPS) is 20.5. The number of aliphatic hydroxyl groups excluding tert-OH is 1. The monoisotopic (exact) mass is 698 g/mol. The lowest BCUT2D eigenvalue weighted by atomic mass is 9.82. The minimum atomic E-state index is -1.91. The number of methoxy groups -OCH3 is 1. The van der Waals surface area contributed by atoms with Crippen molar-refractivity contribution < 1.29 is 29.3 Å². The van der Waals surface area contributed by atoms with Crippen molar-refractivity contribution >= 4 is 34.8 Å². The quantitative estimate of drug-likeness (QED) is 0.211. The Morgan fingerprint density at radius 1 is 0.981 bits per heavy atom. The number of amides is 3. The zero-order chi connectivity index (χ0) is 36.4. The molecule has 4 aromatic carbocycles. The molecule has 0 saturated carbocycles. The summed E-state index contributed by atoms with van der Waals surface area (Å²) in [4.78, 5) is 43.7. The van der Waals surface area contributed by atoms with E-state index in [1.54, 1.807) is 47.1 Å². The standard InChI is InChI=1S/C42H42N4O6/c1-28(9-8-14-39(48)44-26-32-13-7-6-12-31(32)23-34(44)27-47)42(51)36-24-35(52-2)19-21-38(36)45(41(42)50)25-29-15-17-33(18-16-29)46-40(49)22-20-37(43-46)30-10-4-3-5-11-30/h3-13,15-19,21,24,28,34,47,51H,14,20,22-23,25-27H2,1-2H3/b9-8+/t28-,34-,42+/m0/s1. The molecule has 3 heterocycles. The Kier molecular flexibility index (Phi) is 9.77. The predicted molar refractivity (Wildman–Crippen MR) is 199 cm³/mol. The zero-order valence-corrected chi connectivity index (χ0v) is 29.3. The summed E-state index contributed by atoms with van der Waals surface area (Å²) in [6.45, 7) is 2.23. The van der Waals surface area contributed by atoms with E-state index >= 15 is 0 Å². The fourth-order valence-electron chi connectivity index (χ4n) is 7.40. The Labute approximate surface area is 303 Å². The molecule has 0 radical (unpaired) electrons. The van der Waals surface area contributed by atoms with Crippen molar-refractivity contribution in [1.29, 1.82) is 0 Å². The maximum absolute atomic E-state index is 14.2. The molecule has 0 aromatic heterocycles. The van der Waals surface area contributed by atoms with Crippen molar-refractivity contribution in [2.45, 2.75) is 57.3 Å². The van der Waals surface area contributed by atoms with E-state index in [1.165, 1.54) is 12.1 Å². The lowest BCUT2D eigenvalue weighted by Crippen LogP contribution is -2.46. The van der Waals surface area contributed by atoms with Crippen molar-refractivity contribution in [3.63, 3.8) is 0 Å². The molecule has 0 unspecified atom stereocenters. The summed E-state index contributed by atoms with van der Waals surface area (Å²) in [7, 11) is 1.53. The molecular weight excluding hydrogens is 656 g/mol. The number of carbonyl (C=O) groups is 3. The number of anilines is 2. The molecule has 2 N–H and O–H groups in total. The van der Waals surface area contributed by atoms with Gasteiger partial charge in [-0.15, -0.1) is 0 Å². The van der Waals surface area contributed by atoms with E-state index in [0.717, 1.165) is 28.0 Å². The zero-order valence-electron chi connectivity index (χ0n) is 29.3. The second kappa shape index (κ2) is 14.6. The molecule has 0 spiro atoms. The van der Waals surface area contributed by atoms with Crippen LogP contribution in [0, 0.1) is 5.92 Å². The number of hydrazone groups is 1. The summed E-state index contributed by atoms with van der Waals surface area (Å²) >= 11 is 0. The van der Waals surface area contributed by atoms with Crippen LogP contribution < -0.4 is 14.6 Å². The van der Waals surface area contributed by atoms with Crippen molar-refractivity contribution in [1.82, 2.24) is 4.90 Å². The number of rotatable bonds is 10. The van der Waals surface area contributed by atoms with Gasteiger partial charge in [0, 0.05) is 37.3 Å². The number of benzene rings is 4. The van der Waals surface area contributed by atoms with Crippen molar-refractivity contribution in [2.24, 2.45) is 11.0 Å². The molecule has 3 aliphatic rings.